The fourth-order valence-electron chi connectivity index (χ4n) is 11.2. The lowest BCUT2D eigenvalue weighted by Crippen LogP contribution is -2.11. The summed E-state index contributed by atoms with van der Waals surface area (Å²) in [6.07, 6.45) is -4.96. The molecule has 2 heterocycles. The highest BCUT2D eigenvalue weighted by molar-refractivity contribution is 6.15. The highest BCUT2D eigenvalue weighted by Gasteiger charge is 2.35. The molecule has 12 aromatic rings. The van der Waals surface area contributed by atoms with Crippen molar-refractivity contribution in [2.24, 2.45) is 0 Å². The van der Waals surface area contributed by atoms with Crippen LogP contribution in [0.3, 0.4) is 0 Å². The number of fused-ring (bicyclic) bond motifs is 6. The molecule has 0 spiro atoms. The number of nitriles is 9. The van der Waals surface area contributed by atoms with Crippen molar-refractivity contribution < 1.29 is 13.2 Å². The van der Waals surface area contributed by atoms with Crippen LogP contribution < -0.4 is 0 Å². The molecule has 0 unspecified atom stereocenters. The summed E-state index contributed by atoms with van der Waals surface area (Å²) in [5.41, 5.74) is 7.83. The first-order valence-corrected chi connectivity index (χ1v) is 25.6. The van der Waals surface area contributed by atoms with Gasteiger partial charge in [0.25, 0.3) is 0 Å². The minimum absolute atomic E-state index is 0.0540. The second-order valence-corrected chi connectivity index (χ2v) is 19.6. The summed E-state index contributed by atoms with van der Waals surface area (Å²) in [5.74, 6) is 0. The molecule has 0 N–H and O–H groups in total. The third-order valence-corrected chi connectivity index (χ3v) is 15.0. The van der Waals surface area contributed by atoms with Crippen LogP contribution in [-0.4, -0.2) is 9.13 Å². The van der Waals surface area contributed by atoms with Gasteiger partial charge in [-0.2, -0.15) is 60.5 Å². The van der Waals surface area contributed by atoms with Gasteiger partial charge in [0.05, 0.1) is 144 Å². The van der Waals surface area contributed by atoms with Crippen molar-refractivity contribution >= 4 is 43.6 Å². The molecule has 0 amide bonds. The minimum Gasteiger partial charge on any atom is -0.309 e. The van der Waals surface area contributed by atoms with E-state index in [9.17, 15) is 47.4 Å². The van der Waals surface area contributed by atoms with E-state index in [1.165, 1.54) is 24.3 Å². The number of halogens is 3. The molecule has 386 valence electrons. The second kappa shape index (κ2) is 20.3. The fraction of sp³-hybridized carbons (Fsp3) is 0.0143. The summed E-state index contributed by atoms with van der Waals surface area (Å²) in [4.78, 5) is 0. The van der Waals surface area contributed by atoms with Gasteiger partial charge in [0.15, 0.2) is 0 Å². The normalized spacial score (nSPS) is 10.9. The van der Waals surface area contributed by atoms with Crippen LogP contribution in [-0.2, 0) is 6.18 Å². The molecule has 11 nitrogen and oxygen atoms in total. The molecule has 0 saturated heterocycles. The third-order valence-electron chi connectivity index (χ3n) is 15.0. The van der Waals surface area contributed by atoms with E-state index < -0.39 is 11.7 Å². The van der Waals surface area contributed by atoms with Crippen LogP contribution in [0.4, 0.5) is 13.2 Å². The lowest BCUT2D eigenvalue weighted by Gasteiger charge is -2.23. The minimum atomic E-state index is -4.96. The van der Waals surface area contributed by atoms with Crippen molar-refractivity contribution in [2.75, 3.05) is 0 Å². The van der Waals surface area contributed by atoms with Gasteiger partial charge in [0, 0.05) is 27.1 Å². The standard InChI is InChI=1S/C70H30F3N11/c71-70(72,73)54-29-67(83-63-16-8-45(55-12-4-41(32-75)21-50(55)36-79)25-59(63)60-26-46(9-17-64(60)83)56-13-5-42(33-76)22-51(56)37-80)69(49-3-1-2-40(20-49)31-74)68(30-54)84-65-18-10-47(57-14-6-43(34-77)23-52(57)38-81)27-61(65)62-28-48(11-19-66(62)84)58-15-7-44(35-78)24-53(58)39-82/h1-30H. The zero-order chi connectivity index (χ0) is 58.6. The molecule has 0 fully saturated rings. The Morgan fingerprint density at radius 1 is 0.286 bits per heavy atom. The van der Waals surface area contributed by atoms with E-state index in [4.69, 9.17) is 0 Å². The van der Waals surface area contributed by atoms with Gasteiger partial charge in [0.1, 0.15) is 0 Å². The van der Waals surface area contributed by atoms with Gasteiger partial charge in [-0.25, -0.2) is 0 Å². The molecule has 2 aromatic heterocycles. The van der Waals surface area contributed by atoms with Crippen LogP contribution in [0.2, 0.25) is 0 Å². The molecule has 0 saturated carbocycles. The fourth-order valence-corrected chi connectivity index (χ4v) is 11.2. The van der Waals surface area contributed by atoms with Crippen molar-refractivity contribution in [3.8, 4) is 122 Å². The Morgan fingerprint density at radius 2 is 0.583 bits per heavy atom. The first kappa shape index (κ1) is 51.7. The van der Waals surface area contributed by atoms with Crippen LogP contribution in [0.25, 0.3) is 111 Å². The number of alkyl halides is 3. The molecule has 0 aliphatic rings. The van der Waals surface area contributed by atoms with Gasteiger partial charge < -0.3 is 9.13 Å². The summed E-state index contributed by atoms with van der Waals surface area (Å²) in [5, 5.41) is 92.8. The second-order valence-electron chi connectivity index (χ2n) is 19.6. The Bertz CT molecular complexity index is 4760. The quantitative estimate of drug-likeness (QED) is 0.148. The van der Waals surface area contributed by atoms with Crippen molar-refractivity contribution in [3.63, 3.8) is 0 Å². The Kier molecular flexibility index (Phi) is 12.5. The number of aromatic nitrogens is 2. The highest BCUT2D eigenvalue weighted by atomic mass is 19.4. The van der Waals surface area contributed by atoms with Crippen LogP contribution in [0, 0.1) is 102 Å². The molecule has 0 aliphatic carbocycles. The number of benzene rings is 10. The maximum atomic E-state index is 16.2. The summed E-state index contributed by atoms with van der Waals surface area (Å²) in [6.45, 7) is 0. The van der Waals surface area contributed by atoms with E-state index in [1.807, 2.05) is 24.3 Å². The molecular weight excluding hydrogens is 1050 g/mol. The van der Waals surface area contributed by atoms with E-state index in [1.54, 1.807) is 130 Å². The van der Waals surface area contributed by atoms with Crippen LogP contribution in [0.15, 0.2) is 182 Å². The monoisotopic (exact) mass is 1080 g/mol. The average molecular weight is 1080 g/mol. The molecule has 0 bridgehead atoms. The predicted octanol–water partition coefficient (Wildman–Crippen LogP) is 16.1. The van der Waals surface area contributed by atoms with Crippen LogP contribution in [0.5, 0.6) is 0 Å². The summed E-state index contributed by atoms with van der Waals surface area (Å²) < 4.78 is 51.9. The molecule has 14 heteroatoms. The lowest BCUT2D eigenvalue weighted by molar-refractivity contribution is -0.137. The maximum Gasteiger partial charge on any atom is 0.416 e. The van der Waals surface area contributed by atoms with Crippen molar-refractivity contribution in [1.82, 2.24) is 9.13 Å². The Balaban J connectivity index is 1.23. The molecule has 0 aliphatic heterocycles. The van der Waals surface area contributed by atoms with E-state index in [0.717, 1.165) is 12.1 Å². The number of rotatable bonds is 7. The molecule has 0 radical (unpaired) electrons. The van der Waals surface area contributed by atoms with Gasteiger partial charge in [-0.3, -0.25) is 0 Å². The van der Waals surface area contributed by atoms with E-state index >= 15 is 13.2 Å². The first-order valence-electron chi connectivity index (χ1n) is 25.6. The SMILES string of the molecule is N#Cc1cccc(-c2c(-n3c4ccc(-c5ccc(C#N)cc5C#N)cc4c4cc(-c5ccc(C#N)cc5C#N)ccc43)cc(C(F)(F)F)cc2-n2c3ccc(-c4ccc(C#N)cc4C#N)cc3c3cc(-c4ccc(C#N)cc4C#N)ccc32)c1. The zero-order valence-corrected chi connectivity index (χ0v) is 43.4. The lowest BCUT2D eigenvalue weighted by atomic mass is 9.95. The van der Waals surface area contributed by atoms with Crippen LogP contribution in [0.1, 0.15) is 55.6 Å². The Labute approximate surface area is 476 Å². The van der Waals surface area contributed by atoms with E-state index in [0.29, 0.717) is 93.7 Å². The molecule has 0 atom stereocenters. The topological polar surface area (TPSA) is 224 Å². The molecule has 84 heavy (non-hydrogen) atoms. The van der Waals surface area contributed by atoms with Crippen LogP contribution >= 0.6 is 0 Å². The van der Waals surface area contributed by atoms with Gasteiger partial charge in [-0.05, 0) is 171 Å². The number of hydrogen-bond acceptors (Lipinski definition) is 9. The summed E-state index contributed by atoms with van der Waals surface area (Å²) >= 11 is 0. The Morgan fingerprint density at radius 3 is 0.857 bits per heavy atom. The third kappa shape index (κ3) is 8.57. The molecular formula is C70H30F3N11. The Hall–Kier alpha value is -13.0. The number of nitrogens with zero attached hydrogens (tertiary/aromatic N) is 11. The summed E-state index contributed by atoms with van der Waals surface area (Å²) in [7, 11) is 0. The van der Waals surface area contributed by atoms with Gasteiger partial charge >= 0.3 is 6.18 Å². The van der Waals surface area contributed by atoms with Gasteiger partial charge in [-0.1, -0.05) is 60.7 Å². The average Bonchev–Trinajstić information content (AvgIpc) is 1.74. The van der Waals surface area contributed by atoms with Crippen molar-refractivity contribution in [1.29, 1.82) is 47.4 Å². The van der Waals surface area contributed by atoms with Gasteiger partial charge in [-0.15, -0.1) is 0 Å². The van der Waals surface area contributed by atoms with Crippen molar-refractivity contribution in [3.05, 3.63) is 238 Å². The van der Waals surface area contributed by atoms with Crippen molar-refractivity contribution in [2.45, 2.75) is 6.18 Å². The smallest absolute Gasteiger partial charge is 0.309 e. The maximum absolute atomic E-state index is 16.2. The molecule has 12 rings (SSSR count). The largest absolute Gasteiger partial charge is 0.416 e. The number of hydrogen-bond donors (Lipinski definition) is 0. The summed E-state index contributed by atoms with van der Waals surface area (Å²) in [6, 6.07) is 68.2. The van der Waals surface area contributed by atoms with E-state index in [2.05, 4.69) is 54.6 Å². The predicted molar refractivity (Wildman–Crippen MR) is 310 cm³/mol. The zero-order valence-electron chi connectivity index (χ0n) is 43.4. The first-order chi connectivity index (χ1) is 40.8. The highest BCUT2D eigenvalue weighted by Crippen LogP contribution is 2.48. The molecule has 10 aromatic carbocycles. The van der Waals surface area contributed by atoms with Gasteiger partial charge in [0.2, 0.25) is 0 Å². The van der Waals surface area contributed by atoms with E-state index in [-0.39, 0.29) is 67.0 Å².